The summed E-state index contributed by atoms with van der Waals surface area (Å²) in [5.74, 6) is -0.538. The molecule has 0 spiro atoms. The highest BCUT2D eigenvalue weighted by Crippen LogP contribution is 2.24. The van der Waals surface area contributed by atoms with Crippen molar-refractivity contribution in [3.05, 3.63) is 71.2 Å². The fourth-order valence-corrected chi connectivity index (χ4v) is 3.91. The Bertz CT molecular complexity index is 1030. The van der Waals surface area contributed by atoms with Gasteiger partial charge in [-0.05, 0) is 61.4 Å². The number of hydrogen-bond acceptors (Lipinski definition) is 3. The van der Waals surface area contributed by atoms with Crippen LogP contribution in [0.2, 0.25) is 0 Å². The van der Waals surface area contributed by atoms with Crippen molar-refractivity contribution in [1.82, 2.24) is 14.3 Å². The van der Waals surface area contributed by atoms with Crippen LogP contribution in [-0.4, -0.2) is 44.4 Å². The van der Waals surface area contributed by atoms with Gasteiger partial charge in [-0.3, -0.25) is 4.79 Å². The molecule has 0 bridgehead atoms. The number of likely N-dealkylation sites (tertiary alicyclic amines) is 1. The van der Waals surface area contributed by atoms with Crippen LogP contribution in [0.3, 0.4) is 0 Å². The number of aryl methyl sites for hydroxylation is 1. The molecule has 0 atom stereocenters. The molecule has 1 fully saturated rings. The maximum Gasteiger partial charge on any atom is 0.335 e. The normalized spacial score (nSPS) is 15.1. The van der Waals surface area contributed by atoms with E-state index in [4.69, 9.17) is 0 Å². The molecule has 1 aromatic carbocycles. The number of benzene rings is 1. The Morgan fingerprint density at radius 2 is 1.93 bits per heavy atom. The van der Waals surface area contributed by atoms with Crippen molar-refractivity contribution in [2.24, 2.45) is 5.92 Å². The number of imidazole rings is 1. The quantitative estimate of drug-likeness (QED) is 0.756. The van der Waals surface area contributed by atoms with Crippen molar-refractivity contribution >= 4 is 17.5 Å². The molecule has 1 aliphatic rings. The number of carboxylic acids is 1. The van der Waals surface area contributed by atoms with Crippen LogP contribution in [0.15, 0.2) is 48.8 Å². The predicted molar refractivity (Wildman–Crippen MR) is 106 cm³/mol. The van der Waals surface area contributed by atoms with Crippen molar-refractivity contribution in [2.45, 2.75) is 26.2 Å². The summed E-state index contributed by atoms with van der Waals surface area (Å²) >= 11 is 0. The summed E-state index contributed by atoms with van der Waals surface area (Å²) in [5.41, 5.74) is 3.61. The first kappa shape index (κ1) is 18.2. The van der Waals surface area contributed by atoms with E-state index in [2.05, 4.69) is 4.98 Å². The lowest BCUT2D eigenvalue weighted by molar-refractivity contribution is 0.0685. The van der Waals surface area contributed by atoms with Gasteiger partial charge >= 0.3 is 5.97 Å². The SMILES string of the molecule is Cc1ccn2cc(C(=O)N3CCC(Cc4ccccc4C(=O)O)CC3)nc2c1. The Labute approximate surface area is 163 Å². The Hall–Kier alpha value is -3.15. The van der Waals surface area contributed by atoms with Crippen LogP contribution in [0.4, 0.5) is 0 Å². The van der Waals surface area contributed by atoms with Crippen molar-refractivity contribution < 1.29 is 14.7 Å². The van der Waals surface area contributed by atoms with E-state index in [1.807, 2.05) is 46.7 Å². The minimum atomic E-state index is -0.884. The molecule has 0 unspecified atom stereocenters. The van der Waals surface area contributed by atoms with Crippen LogP contribution in [-0.2, 0) is 6.42 Å². The maximum absolute atomic E-state index is 12.8. The highest BCUT2D eigenvalue weighted by Gasteiger charge is 2.26. The molecule has 6 heteroatoms. The molecule has 144 valence electrons. The minimum Gasteiger partial charge on any atom is -0.478 e. The van der Waals surface area contributed by atoms with E-state index in [0.29, 0.717) is 30.3 Å². The highest BCUT2D eigenvalue weighted by atomic mass is 16.4. The highest BCUT2D eigenvalue weighted by molar-refractivity contribution is 5.93. The fraction of sp³-hybridized carbons (Fsp3) is 0.318. The van der Waals surface area contributed by atoms with Gasteiger partial charge in [0.25, 0.3) is 5.91 Å². The number of pyridine rings is 1. The van der Waals surface area contributed by atoms with E-state index in [1.54, 1.807) is 18.3 Å². The topological polar surface area (TPSA) is 74.9 Å². The average molecular weight is 377 g/mol. The van der Waals surface area contributed by atoms with E-state index in [1.165, 1.54) is 0 Å². The first-order valence-electron chi connectivity index (χ1n) is 9.57. The summed E-state index contributed by atoms with van der Waals surface area (Å²) in [6.07, 6.45) is 6.17. The van der Waals surface area contributed by atoms with Crippen LogP contribution in [0.25, 0.3) is 5.65 Å². The third-order valence-corrected chi connectivity index (χ3v) is 5.49. The fourth-order valence-electron chi connectivity index (χ4n) is 3.91. The van der Waals surface area contributed by atoms with Gasteiger partial charge in [-0.2, -0.15) is 0 Å². The van der Waals surface area contributed by atoms with Gasteiger partial charge < -0.3 is 14.4 Å². The van der Waals surface area contributed by atoms with E-state index in [0.717, 1.165) is 36.0 Å². The Morgan fingerprint density at radius 3 is 2.68 bits per heavy atom. The maximum atomic E-state index is 12.8. The number of hydrogen-bond donors (Lipinski definition) is 1. The Balaban J connectivity index is 1.41. The summed E-state index contributed by atoms with van der Waals surface area (Å²) in [6.45, 7) is 3.35. The number of carbonyl (C=O) groups excluding carboxylic acids is 1. The summed E-state index contributed by atoms with van der Waals surface area (Å²) < 4.78 is 1.87. The summed E-state index contributed by atoms with van der Waals surface area (Å²) in [7, 11) is 0. The first-order chi connectivity index (χ1) is 13.5. The monoisotopic (exact) mass is 377 g/mol. The number of fused-ring (bicyclic) bond motifs is 1. The van der Waals surface area contributed by atoms with E-state index in [-0.39, 0.29) is 5.91 Å². The van der Waals surface area contributed by atoms with Gasteiger partial charge in [0, 0.05) is 25.5 Å². The van der Waals surface area contributed by atoms with Crippen LogP contribution < -0.4 is 0 Å². The van der Waals surface area contributed by atoms with Crippen molar-refractivity contribution in [3.63, 3.8) is 0 Å². The molecular formula is C22H23N3O3. The van der Waals surface area contributed by atoms with Gasteiger partial charge in [0.15, 0.2) is 0 Å². The molecule has 1 saturated heterocycles. The van der Waals surface area contributed by atoms with Crippen molar-refractivity contribution in [2.75, 3.05) is 13.1 Å². The summed E-state index contributed by atoms with van der Waals surface area (Å²) in [4.78, 5) is 30.6. The zero-order valence-corrected chi connectivity index (χ0v) is 15.8. The molecular weight excluding hydrogens is 354 g/mol. The van der Waals surface area contributed by atoms with Crippen LogP contribution in [0.1, 0.15) is 44.8 Å². The number of aromatic nitrogens is 2. The van der Waals surface area contributed by atoms with Crippen molar-refractivity contribution in [3.8, 4) is 0 Å². The first-order valence-corrected chi connectivity index (χ1v) is 9.57. The number of carboxylic acid groups (broad SMARTS) is 1. The lowest BCUT2D eigenvalue weighted by Crippen LogP contribution is -2.39. The van der Waals surface area contributed by atoms with Gasteiger partial charge in [-0.15, -0.1) is 0 Å². The average Bonchev–Trinajstić information content (AvgIpc) is 3.11. The van der Waals surface area contributed by atoms with E-state index < -0.39 is 5.97 Å². The predicted octanol–water partition coefficient (Wildman–Crippen LogP) is 3.44. The van der Waals surface area contributed by atoms with Crippen LogP contribution >= 0.6 is 0 Å². The smallest absolute Gasteiger partial charge is 0.335 e. The number of amides is 1. The molecule has 0 radical (unpaired) electrons. The molecule has 1 aliphatic heterocycles. The molecule has 28 heavy (non-hydrogen) atoms. The summed E-state index contributed by atoms with van der Waals surface area (Å²) in [6, 6.07) is 11.1. The minimum absolute atomic E-state index is 0.0364. The van der Waals surface area contributed by atoms with Gasteiger partial charge in [0.2, 0.25) is 0 Å². The molecule has 2 aromatic heterocycles. The van der Waals surface area contributed by atoms with Crippen LogP contribution in [0.5, 0.6) is 0 Å². The molecule has 0 aliphatic carbocycles. The third-order valence-electron chi connectivity index (χ3n) is 5.49. The second-order valence-corrected chi connectivity index (χ2v) is 7.50. The summed E-state index contributed by atoms with van der Waals surface area (Å²) in [5, 5.41) is 9.35. The number of rotatable bonds is 4. The molecule has 1 amide bonds. The van der Waals surface area contributed by atoms with Crippen molar-refractivity contribution in [1.29, 1.82) is 0 Å². The molecule has 4 rings (SSSR count). The molecule has 6 nitrogen and oxygen atoms in total. The third kappa shape index (κ3) is 3.63. The second kappa shape index (κ2) is 7.46. The standard InChI is InChI=1S/C22H23N3O3/c1-15-6-9-25-14-19(23-20(25)12-15)21(26)24-10-7-16(8-11-24)13-17-4-2-3-5-18(17)22(27)28/h2-6,9,12,14,16H,7-8,10-11,13H2,1H3,(H,27,28). The van der Waals surface area contributed by atoms with Gasteiger partial charge in [-0.25, -0.2) is 9.78 Å². The largest absolute Gasteiger partial charge is 0.478 e. The Kier molecular flexibility index (Phi) is 4.86. The number of carbonyl (C=O) groups is 2. The lowest BCUT2D eigenvalue weighted by Gasteiger charge is -2.31. The molecule has 3 aromatic rings. The van der Waals surface area contributed by atoms with Gasteiger partial charge in [0.1, 0.15) is 11.3 Å². The number of piperidine rings is 1. The number of nitrogens with zero attached hydrogens (tertiary/aromatic N) is 3. The zero-order valence-electron chi connectivity index (χ0n) is 15.8. The lowest BCUT2D eigenvalue weighted by atomic mass is 9.88. The van der Waals surface area contributed by atoms with E-state index >= 15 is 0 Å². The molecule has 1 N–H and O–H groups in total. The zero-order chi connectivity index (χ0) is 19.7. The van der Waals surface area contributed by atoms with Crippen LogP contribution in [0, 0.1) is 12.8 Å². The second-order valence-electron chi connectivity index (χ2n) is 7.50. The van der Waals surface area contributed by atoms with Gasteiger partial charge in [-0.1, -0.05) is 18.2 Å². The molecule has 3 heterocycles. The number of aromatic carboxylic acids is 1. The van der Waals surface area contributed by atoms with Gasteiger partial charge in [0.05, 0.1) is 5.56 Å². The Morgan fingerprint density at radius 1 is 1.18 bits per heavy atom. The molecule has 0 saturated carbocycles. The van der Waals surface area contributed by atoms with E-state index in [9.17, 15) is 14.7 Å².